The number of carbonyl (C=O) groups excluding carboxylic acids is 1. The summed E-state index contributed by atoms with van der Waals surface area (Å²) < 4.78 is 1.29. The van der Waals surface area contributed by atoms with Gasteiger partial charge in [-0.2, -0.15) is 4.73 Å². The average Bonchev–Trinajstić information content (AvgIpc) is 2.57. The molecule has 2 rings (SSSR count). The summed E-state index contributed by atoms with van der Waals surface area (Å²) in [4.78, 5) is 16.1. The van der Waals surface area contributed by atoms with Crippen LogP contribution in [0.25, 0.3) is 10.9 Å². The molecular formula is C11H11NO3. The number of aromatic hydroxyl groups is 1. The predicted molar refractivity (Wildman–Crippen MR) is 55.5 cm³/mol. The second kappa shape index (κ2) is 3.65. The third-order valence-electron chi connectivity index (χ3n) is 2.15. The summed E-state index contributed by atoms with van der Waals surface area (Å²) in [5.74, 6) is -0.231. The lowest BCUT2D eigenvalue weighted by Gasteiger charge is -2.03. The summed E-state index contributed by atoms with van der Waals surface area (Å²) >= 11 is 0. The van der Waals surface area contributed by atoms with Crippen molar-refractivity contribution < 1.29 is 14.7 Å². The van der Waals surface area contributed by atoms with Crippen molar-refractivity contribution in [2.24, 2.45) is 0 Å². The van der Waals surface area contributed by atoms with Crippen LogP contribution in [0.5, 0.6) is 5.75 Å². The number of rotatable bonds is 2. The maximum absolute atomic E-state index is 11.1. The van der Waals surface area contributed by atoms with Gasteiger partial charge in [-0.3, -0.25) is 0 Å². The molecule has 15 heavy (non-hydrogen) atoms. The van der Waals surface area contributed by atoms with Gasteiger partial charge in [0.05, 0.1) is 11.7 Å². The lowest BCUT2D eigenvalue weighted by Crippen LogP contribution is -2.17. The Morgan fingerprint density at radius 2 is 2.20 bits per heavy atom. The van der Waals surface area contributed by atoms with Crippen LogP contribution in [0.1, 0.15) is 13.3 Å². The zero-order valence-corrected chi connectivity index (χ0v) is 8.30. The Bertz CT molecular complexity index is 502. The third kappa shape index (κ3) is 1.66. The zero-order valence-electron chi connectivity index (χ0n) is 8.30. The van der Waals surface area contributed by atoms with Crippen molar-refractivity contribution in [3.8, 4) is 5.75 Å². The summed E-state index contributed by atoms with van der Waals surface area (Å²) in [5, 5.41) is 10.2. The van der Waals surface area contributed by atoms with Gasteiger partial charge in [0.1, 0.15) is 5.75 Å². The van der Waals surface area contributed by atoms with Gasteiger partial charge in [0.2, 0.25) is 0 Å². The minimum atomic E-state index is -0.337. The Labute approximate surface area is 86.7 Å². The first-order chi connectivity index (χ1) is 7.22. The number of fused-ring (bicyclic) bond motifs is 1. The van der Waals surface area contributed by atoms with E-state index in [1.54, 1.807) is 19.1 Å². The van der Waals surface area contributed by atoms with Crippen LogP contribution in [0.2, 0.25) is 0 Å². The Balaban J connectivity index is 2.48. The molecule has 0 fully saturated rings. The quantitative estimate of drug-likeness (QED) is 0.812. The number of carbonyl (C=O) groups is 1. The van der Waals surface area contributed by atoms with Gasteiger partial charge >= 0.3 is 5.97 Å². The minimum Gasteiger partial charge on any atom is -0.506 e. The topological polar surface area (TPSA) is 51.5 Å². The number of benzene rings is 1. The third-order valence-corrected chi connectivity index (χ3v) is 2.15. The van der Waals surface area contributed by atoms with Gasteiger partial charge in [-0.25, -0.2) is 4.79 Å². The highest BCUT2D eigenvalue weighted by atomic mass is 16.7. The van der Waals surface area contributed by atoms with Gasteiger partial charge in [0, 0.05) is 11.8 Å². The lowest BCUT2D eigenvalue weighted by atomic mass is 10.2. The Morgan fingerprint density at radius 1 is 1.47 bits per heavy atom. The molecule has 0 radical (unpaired) electrons. The van der Waals surface area contributed by atoms with Crippen molar-refractivity contribution in [2.75, 3.05) is 0 Å². The summed E-state index contributed by atoms with van der Waals surface area (Å²) in [6.07, 6.45) is 1.69. The largest absolute Gasteiger partial charge is 0.506 e. The molecule has 0 aliphatic carbocycles. The van der Waals surface area contributed by atoms with E-state index in [-0.39, 0.29) is 11.7 Å². The number of nitrogens with zero attached hydrogens (tertiary/aromatic N) is 1. The average molecular weight is 205 g/mol. The summed E-state index contributed by atoms with van der Waals surface area (Å²) in [5.41, 5.74) is 0.678. The maximum Gasteiger partial charge on any atom is 0.332 e. The molecule has 0 saturated carbocycles. The molecule has 0 aliphatic heterocycles. The first-order valence-corrected chi connectivity index (χ1v) is 4.72. The van der Waals surface area contributed by atoms with Crippen molar-refractivity contribution >= 4 is 16.9 Å². The van der Waals surface area contributed by atoms with Crippen LogP contribution in [0.3, 0.4) is 0 Å². The van der Waals surface area contributed by atoms with Crippen molar-refractivity contribution in [1.29, 1.82) is 0 Å². The van der Waals surface area contributed by atoms with E-state index in [1.165, 1.54) is 10.9 Å². The van der Waals surface area contributed by atoms with Gasteiger partial charge in [0.25, 0.3) is 0 Å². The normalized spacial score (nSPS) is 10.5. The predicted octanol–water partition coefficient (Wildman–Crippen LogP) is 1.71. The van der Waals surface area contributed by atoms with Crippen LogP contribution < -0.4 is 4.84 Å². The fourth-order valence-corrected chi connectivity index (χ4v) is 1.38. The molecule has 1 aromatic heterocycles. The number of aromatic nitrogens is 1. The molecular weight excluding hydrogens is 194 g/mol. The van der Waals surface area contributed by atoms with Gasteiger partial charge in [-0.15, -0.1) is 0 Å². The fraction of sp³-hybridized carbons (Fsp3) is 0.182. The SMILES string of the molecule is CCC(=O)On1cc(O)c2ccccc21. The molecule has 1 aromatic carbocycles. The molecule has 78 valence electrons. The zero-order chi connectivity index (χ0) is 10.8. The van der Waals surface area contributed by atoms with Crippen molar-refractivity contribution in [2.45, 2.75) is 13.3 Å². The number of para-hydroxylation sites is 1. The van der Waals surface area contributed by atoms with Crippen LogP contribution in [-0.2, 0) is 4.79 Å². The maximum atomic E-state index is 11.1. The molecule has 0 atom stereocenters. The van der Waals surface area contributed by atoms with Crippen molar-refractivity contribution in [1.82, 2.24) is 4.73 Å². The second-order valence-corrected chi connectivity index (χ2v) is 3.17. The first-order valence-electron chi connectivity index (χ1n) is 4.72. The summed E-state index contributed by atoms with van der Waals surface area (Å²) in [6.45, 7) is 1.72. The summed E-state index contributed by atoms with van der Waals surface area (Å²) in [7, 11) is 0. The molecule has 0 amide bonds. The van der Waals surface area contributed by atoms with E-state index in [0.717, 1.165) is 0 Å². The van der Waals surface area contributed by atoms with Crippen molar-refractivity contribution in [3.63, 3.8) is 0 Å². The van der Waals surface area contributed by atoms with Crippen LogP contribution in [0.15, 0.2) is 30.5 Å². The monoisotopic (exact) mass is 205 g/mol. The highest BCUT2D eigenvalue weighted by Crippen LogP contribution is 2.25. The lowest BCUT2D eigenvalue weighted by molar-refractivity contribution is -0.143. The van der Waals surface area contributed by atoms with Gasteiger partial charge in [-0.05, 0) is 12.1 Å². The molecule has 4 nitrogen and oxygen atoms in total. The molecule has 0 saturated heterocycles. The van der Waals surface area contributed by atoms with E-state index in [9.17, 15) is 9.90 Å². The number of hydrogen-bond donors (Lipinski definition) is 1. The standard InChI is InChI=1S/C11H11NO3/c1-2-11(14)15-12-7-10(13)8-5-3-4-6-9(8)12/h3-7,13H,2H2,1H3. The smallest absolute Gasteiger partial charge is 0.332 e. The van der Waals surface area contributed by atoms with E-state index in [4.69, 9.17) is 4.84 Å². The first kappa shape index (κ1) is 9.58. The molecule has 2 aromatic rings. The molecule has 1 heterocycles. The van der Waals surface area contributed by atoms with Gasteiger partial charge in [0.15, 0.2) is 0 Å². The highest BCUT2D eigenvalue weighted by molar-refractivity contribution is 5.86. The van der Waals surface area contributed by atoms with Gasteiger partial charge < -0.3 is 9.94 Å². The minimum absolute atomic E-state index is 0.106. The number of hydrogen-bond acceptors (Lipinski definition) is 3. The van der Waals surface area contributed by atoms with E-state index >= 15 is 0 Å². The molecule has 0 unspecified atom stereocenters. The van der Waals surface area contributed by atoms with Crippen LogP contribution >= 0.6 is 0 Å². The van der Waals surface area contributed by atoms with Crippen LogP contribution in [0.4, 0.5) is 0 Å². The molecule has 4 heteroatoms. The van der Waals surface area contributed by atoms with E-state index < -0.39 is 0 Å². The highest BCUT2D eigenvalue weighted by Gasteiger charge is 2.09. The fourth-order valence-electron chi connectivity index (χ4n) is 1.38. The van der Waals surface area contributed by atoms with Gasteiger partial charge in [-0.1, -0.05) is 19.1 Å². The van der Waals surface area contributed by atoms with Crippen molar-refractivity contribution in [3.05, 3.63) is 30.5 Å². The summed E-state index contributed by atoms with van der Waals surface area (Å²) in [6, 6.07) is 7.17. The molecule has 0 aliphatic rings. The molecule has 1 N–H and O–H groups in total. The Morgan fingerprint density at radius 3 is 2.93 bits per heavy atom. The molecule has 0 bridgehead atoms. The van der Waals surface area contributed by atoms with E-state index in [2.05, 4.69) is 0 Å². The second-order valence-electron chi connectivity index (χ2n) is 3.17. The van der Waals surface area contributed by atoms with E-state index in [1.807, 2.05) is 12.1 Å². The van der Waals surface area contributed by atoms with Crippen LogP contribution in [-0.4, -0.2) is 15.8 Å². The Hall–Kier alpha value is -1.97. The Kier molecular flexibility index (Phi) is 2.33. The molecule has 0 spiro atoms. The van der Waals surface area contributed by atoms with Crippen LogP contribution in [0, 0.1) is 0 Å². The van der Waals surface area contributed by atoms with E-state index in [0.29, 0.717) is 17.3 Å².